The van der Waals surface area contributed by atoms with Gasteiger partial charge in [0.1, 0.15) is 11.3 Å². The molecule has 32 heavy (non-hydrogen) atoms. The average Bonchev–Trinajstić information content (AvgIpc) is 2.82. The van der Waals surface area contributed by atoms with Gasteiger partial charge in [-0.15, -0.1) is 0 Å². The minimum atomic E-state index is -0.642. The second kappa shape index (κ2) is 11.9. The van der Waals surface area contributed by atoms with Crippen LogP contribution in [0.25, 0.3) is 5.76 Å². The molecular formula is C27H26ClNO3. The standard InChI is InChI=1S/C27H26ClNO3/c1-2-32-27(31)24(26(30)23-15-9-10-16-25(23)28)19-29-18-17-22(20-11-5-3-6-12-20)21-13-7-4-8-14-21/h3-16,19,22,30H,2,17-18H2,1H3. The molecule has 5 heteroatoms. The predicted molar refractivity (Wildman–Crippen MR) is 130 cm³/mol. The number of nitrogens with zero attached hydrogens (tertiary/aromatic N) is 1. The van der Waals surface area contributed by atoms with Gasteiger partial charge in [0.05, 0.1) is 11.6 Å². The van der Waals surface area contributed by atoms with Crippen molar-refractivity contribution in [3.8, 4) is 0 Å². The Bertz CT molecular complexity index is 1040. The number of aliphatic imine (C=N–C) groups is 1. The van der Waals surface area contributed by atoms with Crippen molar-refractivity contribution in [3.05, 3.63) is 112 Å². The van der Waals surface area contributed by atoms with Gasteiger partial charge in [0.2, 0.25) is 0 Å². The highest BCUT2D eigenvalue weighted by atomic mass is 35.5. The van der Waals surface area contributed by atoms with Crippen LogP contribution < -0.4 is 0 Å². The van der Waals surface area contributed by atoms with Crippen LogP contribution in [-0.4, -0.2) is 30.4 Å². The minimum Gasteiger partial charge on any atom is -0.506 e. The Kier molecular flexibility index (Phi) is 8.64. The molecule has 4 nitrogen and oxygen atoms in total. The third-order valence-electron chi connectivity index (χ3n) is 5.05. The van der Waals surface area contributed by atoms with Crippen LogP contribution in [0.3, 0.4) is 0 Å². The van der Waals surface area contributed by atoms with Crippen molar-refractivity contribution >= 4 is 29.5 Å². The normalized spacial score (nSPS) is 12.1. The van der Waals surface area contributed by atoms with Gasteiger partial charge in [-0.25, -0.2) is 4.79 Å². The van der Waals surface area contributed by atoms with Crippen molar-refractivity contribution < 1.29 is 14.6 Å². The fraction of sp³-hybridized carbons (Fsp3) is 0.185. The van der Waals surface area contributed by atoms with Gasteiger partial charge in [-0.3, -0.25) is 4.99 Å². The summed E-state index contributed by atoms with van der Waals surface area (Å²) in [6, 6.07) is 27.3. The van der Waals surface area contributed by atoms with Gasteiger partial charge in [0.25, 0.3) is 0 Å². The summed E-state index contributed by atoms with van der Waals surface area (Å²) < 4.78 is 5.11. The molecule has 0 bridgehead atoms. The number of halogens is 1. The maximum atomic E-state index is 12.5. The summed E-state index contributed by atoms with van der Waals surface area (Å²) in [5, 5.41) is 11.1. The Morgan fingerprint density at radius 3 is 2.09 bits per heavy atom. The largest absolute Gasteiger partial charge is 0.506 e. The molecular weight excluding hydrogens is 422 g/mol. The fourth-order valence-corrected chi connectivity index (χ4v) is 3.70. The number of hydrogen-bond acceptors (Lipinski definition) is 4. The fourth-order valence-electron chi connectivity index (χ4n) is 3.47. The summed E-state index contributed by atoms with van der Waals surface area (Å²) in [4.78, 5) is 16.9. The van der Waals surface area contributed by atoms with Crippen molar-refractivity contribution in [2.75, 3.05) is 13.2 Å². The Morgan fingerprint density at radius 1 is 0.969 bits per heavy atom. The quantitative estimate of drug-likeness (QED) is 0.177. The number of benzene rings is 3. The second-order valence-corrected chi connectivity index (χ2v) is 7.57. The lowest BCUT2D eigenvalue weighted by molar-refractivity contribution is -0.137. The van der Waals surface area contributed by atoms with E-state index in [0.717, 1.165) is 6.42 Å². The number of carbonyl (C=O) groups excluding carboxylic acids is 1. The molecule has 0 fully saturated rings. The molecule has 0 saturated heterocycles. The molecule has 0 aliphatic rings. The molecule has 3 rings (SSSR count). The lowest BCUT2D eigenvalue weighted by atomic mass is 9.89. The molecule has 164 valence electrons. The summed E-state index contributed by atoms with van der Waals surface area (Å²) in [7, 11) is 0. The number of aliphatic hydroxyl groups excluding tert-OH is 1. The van der Waals surface area contributed by atoms with Crippen molar-refractivity contribution in [3.63, 3.8) is 0 Å². The molecule has 0 aliphatic heterocycles. The van der Waals surface area contributed by atoms with Gasteiger partial charge < -0.3 is 9.84 Å². The van der Waals surface area contributed by atoms with Crippen molar-refractivity contribution in [2.45, 2.75) is 19.3 Å². The maximum Gasteiger partial charge on any atom is 0.343 e. The van der Waals surface area contributed by atoms with Crippen molar-refractivity contribution in [1.82, 2.24) is 0 Å². The first-order valence-corrected chi connectivity index (χ1v) is 10.9. The van der Waals surface area contributed by atoms with E-state index in [2.05, 4.69) is 29.3 Å². The molecule has 1 N–H and O–H groups in total. The maximum absolute atomic E-state index is 12.5. The predicted octanol–water partition coefficient (Wildman–Crippen LogP) is 6.47. The van der Waals surface area contributed by atoms with Crippen LogP contribution in [0.1, 0.15) is 36.0 Å². The second-order valence-electron chi connectivity index (χ2n) is 7.16. The van der Waals surface area contributed by atoms with E-state index in [1.165, 1.54) is 17.3 Å². The summed E-state index contributed by atoms with van der Waals surface area (Å²) in [5.41, 5.74) is 2.74. The van der Waals surface area contributed by atoms with Crippen LogP contribution in [0.5, 0.6) is 0 Å². The molecule has 0 spiro atoms. The molecule has 0 amide bonds. The molecule has 0 aromatic heterocycles. The zero-order valence-corrected chi connectivity index (χ0v) is 18.7. The Balaban J connectivity index is 1.83. The molecule has 0 radical (unpaired) electrons. The van der Waals surface area contributed by atoms with E-state index in [0.29, 0.717) is 17.1 Å². The van der Waals surface area contributed by atoms with Crippen LogP contribution in [-0.2, 0) is 9.53 Å². The van der Waals surface area contributed by atoms with Gasteiger partial charge in [-0.05, 0) is 36.6 Å². The number of carbonyl (C=O) groups is 1. The van der Waals surface area contributed by atoms with Crippen LogP contribution in [0.15, 0.2) is 95.5 Å². The van der Waals surface area contributed by atoms with Gasteiger partial charge >= 0.3 is 5.97 Å². The van der Waals surface area contributed by atoms with Gasteiger partial charge in [-0.2, -0.15) is 0 Å². The van der Waals surface area contributed by atoms with E-state index in [4.69, 9.17) is 16.3 Å². The monoisotopic (exact) mass is 447 g/mol. The van der Waals surface area contributed by atoms with E-state index in [1.54, 1.807) is 31.2 Å². The number of rotatable bonds is 9. The third-order valence-corrected chi connectivity index (χ3v) is 5.38. The zero-order chi connectivity index (χ0) is 22.8. The molecule has 0 aliphatic carbocycles. The summed E-state index contributed by atoms with van der Waals surface area (Å²) in [5.74, 6) is -0.724. The van der Waals surface area contributed by atoms with Gasteiger partial charge in [0, 0.05) is 24.2 Å². The first kappa shape index (κ1) is 23.3. The van der Waals surface area contributed by atoms with Crippen LogP contribution in [0, 0.1) is 0 Å². The molecule has 0 unspecified atom stereocenters. The summed E-state index contributed by atoms with van der Waals surface area (Å²) >= 11 is 6.19. The summed E-state index contributed by atoms with van der Waals surface area (Å²) in [6.45, 7) is 2.37. The highest BCUT2D eigenvalue weighted by molar-refractivity contribution is 6.32. The van der Waals surface area contributed by atoms with Gasteiger partial charge in [-0.1, -0.05) is 84.4 Å². The van der Waals surface area contributed by atoms with E-state index in [-0.39, 0.29) is 23.9 Å². The van der Waals surface area contributed by atoms with E-state index < -0.39 is 5.97 Å². The highest BCUT2D eigenvalue weighted by Crippen LogP contribution is 2.28. The number of aliphatic hydroxyl groups is 1. The van der Waals surface area contributed by atoms with E-state index >= 15 is 0 Å². The van der Waals surface area contributed by atoms with E-state index in [9.17, 15) is 9.90 Å². The average molecular weight is 448 g/mol. The van der Waals surface area contributed by atoms with E-state index in [1.807, 2.05) is 36.4 Å². The molecule has 3 aromatic carbocycles. The SMILES string of the molecule is CCOC(=O)C(C=NCCC(c1ccccc1)c1ccccc1)=C(O)c1ccccc1Cl. The molecule has 0 heterocycles. The highest BCUT2D eigenvalue weighted by Gasteiger charge is 2.18. The number of esters is 1. The third kappa shape index (κ3) is 6.08. The zero-order valence-electron chi connectivity index (χ0n) is 17.9. The lowest BCUT2D eigenvalue weighted by Crippen LogP contribution is -2.12. The number of ether oxygens (including phenoxy) is 1. The Morgan fingerprint density at radius 2 is 1.53 bits per heavy atom. The Labute approximate surface area is 193 Å². The summed E-state index contributed by atoms with van der Waals surface area (Å²) in [6.07, 6.45) is 2.12. The van der Waals surface area contributed by atoms with Crippen LogP contribution in [0.2, 0.25) is 5.02 Å². The number of hydrogen-bond donors (Lipinski definition) is 1. The van der Waals surface area contributed by atoms with Crippen molar-refractivity contribution in [1.29, 1.82) is 0 Å². The molecule has 0 saturated carbocycles. The van der Waals surface area contributed by atoms with Crippen LogP contribution >= 0.6 is 11.6 Å². The van der Waals surface area contributed by atoms with Crippen LogP contribution in [0.4, 0.5) is 0 Å². The first-order chi connectivity index (χ1) is 15.6. The Hall–Kier alpha value is -3.37. The smallest absolute Gasteiger partial charge is 0.343 e. The lowest BCUT2D eigenvalue weighted by Gasteiger charge is -2.17. The minimum absolute atomic E-state index is 0.0177. The van der Waals surface area contributed by atoms with Crippen molar-refractivity contribution in [2.24, 2.45) is 4.99 Å². The molecule has 3 aromatic rings. The van der Waals surface area contributed by atoms with Gasteiger partial charge in [0.15, 0.2) is 0 Å². The topological polar surface area (TPSA) is 58.9 Å². The molecule has 0 atom stereocenters. The first-order valence-electron chi connectivity index (χ1n) is 10.6.